The Balaban J connectivity index is 2.14. The van der Waals surface area contributed by atoms with Crippen LogP contribution < -0.4 is 4.74 Å². The second-order valence-electron chi connectivity index (χ2n) is 4.10. The number of rotatable bonds is 4. The monoisotopic (exact) mass is 286 g/mol. The maximum atomic E-state index is 5.27. The van der Waals surface area contributed by atoms with Crippen molar-refractivity contribution in [2.45, 2.75) is 12.1 Å². The van der Waals surface area contributed by atoms with Crippen LogP contribution in [0.2, 0.25) is 0 Å². The molecule has 6 heteroatoms. The lowest BCUT2D eigenvalue weighted by Crippen LogP contribution is -1.96. The van der Waals surface area contributed by atoms with Crippen LogP contribution in [-0.4, -0.2) is 32.4 Å². The van der Waals surface area contributed by atoms with E-state index < -0.39 is 0 Å². The fourth-order valence-electron chi connectivity index (χ4n) is 1.97. The molecule has 0 aliphatic rings. The fraction of sp³-hybridized carbons (Fsp3) is 0.214. The third-order valence-electron chi connectivity index (χ3n) is 2.86. The Bertz CT molecular complexity index is 741. The molecule has 1 aromatic carbocycles. The minimum absolute atomic E-state index is 0.612. The van der Waals surface area contributed by atoms with Gasteiger partial charge in [-0.15, -0.1) is 5.10 Å². The molecule has 2 heterocycles. The summed E-state index contributed by atoms with van der Waals surface area (Å²) in [6.07, 6.45) is 1.75. The lowest BCUT2D eigenvalue weighted by atomic mass is 10.1. The normalized spacial score (nSPS) is 10.9. The topological polar surface area (TPSA) is 52.3 Å². The van der Waals surface area contributed by atoms with Gasteiger partial charge in [0, 0.05) is 11.8 Å². The van der Waals surface area contributed by atoms with E-state index >= 15 is 0 Å². The number of thioether (sulfide) groups is 1. The molecule has 0 saturated carbocycles. The van der Waals surface area contributed by atoms with Crippen molar-refractivity contribution in [2.75, 3.05) is 12.9 Å². The Morgan fingerprint density at radius 2 is 2.20 bits per heavy atom. The van der Waals surface area contributed by atoms with E-state index in [2.05, 4.69) is 22.0 Å². The number of hydrogen-bond donors (Lipinski definition) is 0. The zero-order valence-electron chi connectivity index (χ0n) is 11.3. The predicted molar refractivity (Wildman–Crippen MR) is 79.2 cm³/mol. The van der Waals surface area contributed by atoms with Crippen LogP contribution in [0.25, 0.3) is 17.0 Å². The largest absolute Gasteiger partial charge is 0.497 e. The molecule has 0 aliphatic carbocycles. The molecule has 20 heavy (non-hydrogen) atoms. The summed E-state index contributed by atoms with van der Waals surface area (Å²) in [5.41, 5.74) is 1.97. The van der Waals surface area contributed by atoms with Crippen LogP contribution >= 0.6 is 11.8 Å². The van der Waals surface area contributed by atoms with Gasteiger partial charge >= 0.3 is 0 Å². The number of ether oxygens (including phenoxy) is 1. The molecule has 0 unspecified atom stereocenters. The molecule has 2 aromatic heterocycles. The smallest absolute Gasteiger partial charge is 0.253 e. The van der Waals surface area contributed by atoms with Gasteiger partial charge in [0.15, 0.2) is 0 Å². The van der Waals surface area contributed by atoms with E-state index in [9.17, 15) is 0 Å². The molecule has 0 N–H and O–H groups in total. The Hall–Kier alpha value is -2.08. The van der Waals surface area contributed by atoms with Crippen molar-refractivity contribution < 1.29 is 4.74 Å². The summed E-state index contributed by atoms with van der Waals surface area (Å²) >= 11 is 1.60. The zero-order valence-corrected chi connectivity index (χ0v) is 12.1. The van der Waals surface area contributed by atoms with Gasteiger partial charge in [-0.25, -0.2) is 4.98 Å². The van der Waals surface area contributed by atoms with Crippen LogP contribution in [-0.2, 0) is 0 Å². The number of fused-ring (bicyclic) bond motifs is 1. The molecular formula is C14H14N4OS. The molecule has 102 valence electrons. The molecule has 0 atom stereocenters. The molecule has 0 radical (unpaired) electrons. The van der Waals surface area contributed by atoms with Crippen molar-refractivity contribution in [3.63, 3.8) is 0 Å². The second kappa shape index (κ2) is 5.50. The molecule has 0 aliphatic heterocycles. The van der Waals surface area contributed by atoms with Crippen LogP contribution in [0.5, 0.6) is 5.75 Å². The molecule has 0 saturated heterocycles. The van der Waals surface area contributed by atoms with E-state index in [0.29, 0.717) is 5.78 Å². The van der Waals surface area contributed by atoms with Gasteiger partial charge < -0.3 is 4.74 Å². The number of methoxy groups -OCH3 is 1. The van der Waals surface area contributed by atoms with Gasteiger partial charge in [-0.2, -0.15) is 9.50 Å². The van der Waals surface area contributed by atoms with Gasteiger partial charge in [0.05, 0.1) is 12.8 Å². The highest BCUT2D eigenvalue weighted by Crippen LogP contribution is 2.24. The van der Waals surface area contributed by atoms with Gasteiger partial charge in [0.25, 0.3) is 5.78 Å². The van der Waals surface area contributed by atoms with Gasteiger partial charge in [-0.3, -0.25) is 0 Å². The van der Waals surface area contributed by atoms with Crippen molar-refractivity contribution in [3.05, 3.63) is 36.5 Å². The molecule has 0 spiro atoms. The first-order chi connectivity index (χ1) is 9.81. The van der Waals surface area contributed by atoms with Crippen LogP contribution in [0, 0.1) is 0 Å². The van der Waals surface area contributed by atoms with Crippen molar-refractivity contribution in [1.29, 1.82) is 0 Å². The average molecular weight is 286 g/mol. The maximum absolute atomic E-state index is 5.27. The van der Waals surface area contributed by atoms with E-state index in [1.54, 1.807) is 29.6 Å². The number of benzene rings is 1. The first-order valence-electron chi connectivity index (χ1n) is 6.31. The summed E-state index contributed by atoms with van der Waals surface area (Å²) in [6, 6.07) is 9.80. The molecule has 3 aromatic rings. The summed E-state index contributed by atoms with van der Waals surface area (Å²) in [5.74, 6) is 2.36. The lowest BCUT2D eigenvalue weighted by Gasteiger charge is -2.05. The third kappa shape index (κ3) is 2.34. The summed E-state index contributed by atoms with van der Waals surface area (Å²) in [7, 11) is 1.66. The predicted octanol–water partition coefficient (Wildman–Crippen LogP) is 2.91. The first-order valence-corrected chi connectivity index (χ1v) is 7.29. The van der Waals surface area contributed by atoms with E-state index in [1.807, 2.05) is 30.3 Å². The quantitative estimate of drug-likeness (QED) is 0.690. The number of nitrogens with zero attached hydrogens (tertiary/aromatic N) is 4. The van der Waals surface area contributed by atoms with Crippen molar-refractivity contribution in [3.8, 4) is 17.0 Å². The van der Waals surface area contributed by atoms with Crippen molar-refractivity contribution in [2.24, 2.45) is 0 Å². The molecule has 0 fully saturated rings. The van der Waals surface area contributed by atoms with Crippen LogP contribution in [0.4, 0.5) is 0 Å². The Morgan fingerprint density at radius 1 is 1.30 bits per heavy atom. The van der Waals surface area contributed by atoms with Crippen LogP contribution in [0.3, 0.4) is 0 Å². The summed E-state index contributed by atoms with van der Waals surface area (Å²) in [5, 5.41) is 5.25. The fourth-order valence-corrected chi connectivity index (χ4v) is 2.51. The Morgan fingerprint density at radius 3 is 3.00 bits per heavy atom. The summed E-state index contributed by atoms with van der Waals surface area (Å²) in [4.78, 5) is 8.66. The lowest BCUT2D eigenvalue weighted by molar-refractivity contribution is 0.415. The number of hydrogen-bond acceptors (Lipinski definition) is 5. The Kier molecular flexibility index (Phi) is 3.56. The summed E-state index contributed by atoms with van der Waals surface area (Å²) in [6.45, 7) is 2.08. The highest BCUT2D eigenvalue weighted by atomic mass is 32.2. The van der Waals surface area contributed by atoms with E-state index in [4.69, 9.17) is 4.74 Å². The van der Waals surface area contributed by atoms with Gasteiger partial charge in [-0.05, 0) is 24.0 Å². The van der Waals surface area contributed by atoms with Gasteiger partial charge in [-0.1, -0.05) is 30.8 Å². The van der Waals surface area contributed by atoms with Crippen LogP contribution in [0.15, 0.2) is 41.7 Å². The SMILES string of the molecule is CCSc1nc2nccc(-c3cccc(OC)c3)n2n1. The van der Waals surface area contributed by atoms with E-state index in [0.717, 1.165) is 27.9 Å². The third-order valence-corrected chi connectivity index (χ3v) is 3.58. The highest BCUT2D eigenvalue weighted by Gasteiger charge is 2.10. The standard InChI is InChI=1S/C14H14N4OS/c1-3-20-14-16-13-15-8-7-12(18(13)17-14)10-5-4-6-11(9-10)19-2/h4-9H,3H2,1-2H3. The first kappa shape index (κ1) is 12.9. The number of aromatic nitrogens is 4. The molecule has 0 amide bonds. The zero-order chi connectivity index (χ0) is 13.9. The van der Waals surface area contributed by atoms with Crippen LogP contribution in [0.1, 0.15) is 6.92 Å². The molecule has 3 rings (SSSR count). The Labute approximate surface area is 121 Å². The average Bonchev–Trinajstić information content (AvgIpc) is 2.90. The molecule has 0 bridgehead atoms. The molecule has 5 nitrogen and oxygen atoms in total. The van der Waals surface area contributed by atoms with E-state index in [1.165, 1.54) is 0 Å². The highest BCUT2D eigenvalue weighted by molar-refractivity contribution is 7.99. The minimum atomic E-state index is 0.612. The minimum Gasteiger partial charge on any atom is -0.497 e. The van der Waals surface area contributed by atoms with E-state index in [-0.39, 0.29) is 0 Å². The maximum Gasteiger partial charge on any atom is 0.253 e. The summed E-state index contributed by atoms with van der Waals surface area (Å²) < 4.78 is 7.04. The second-order valence-corrected chi connectivity index (χ2v) is 5.33. The van der Waals surface area contributed by atoms with Gasteiger partial charge in [0.2, 0.25) is 5.16 Å². The van der Waals surface area contributed by atoms with Crippen molar-refractivity contribution >= 4 is 17.5 Å². The van der Waals surface area contributed by atoms with Crippen molar-refractivity contribution in [1.82, 2.24) is 19.6 Å². The van der Waals surface area contributed by atoms with Gasteiger partial charge in [0.1, 0.15) is 5.75 Å². The molecular weight excluding hydrogens is 272 g/mol.